The molecule has 2 aliphatic heterocycles. The van der Waals surface area contributed by atoms with E-state index in [1.165, 1.54) is 0 Å². The molecule has 170 valence electrons. The minimum atomic E-state index is -1.67. The molecule has 0 aliphatic carbocycles. The zero-order valence-electron chi connectivity index (χ0n) is 16.2. The fraction of sp³-hybridized carbons (Fsp3) is 0.684. The van der Waals surface area contributed by atoms with E-state index in [2.05, 4.69) is 0 Å². The standard InChI is InChI=1S/C19H29NO10/c21-7-10-13(23)15(25)16(26)19(29-10)30-17-11(8-22)28-18(27)12(14(17)24)20-6-9-4-2-1-3-5-9/h1-5,10-27H,6-8H2/p+1/t10?,11?,12?,13-,14+,15-,16?,17+,18+,19-/m0/s1. The van der Waals surface area contributed by atoms with E-state index in [0.29, 0.717) is 6.54 Å². The summed E-state index contributed by atoms with van der Waals surface area (Å²) in [7, 11) is 0. The second kappa shape index (κ2) is 10.4. The lowest BCUT2D eigenvalue weighted by molar-refractivity contribution is -0.731. The van der Waals surface area contributed by atoms with E-state index in [4.69, 9.17) is 14.2 Å². The highest BCUT2D eigenvalue weighted by atomic mass is 16.7. The number of hydrogen-bond acceptors (Lipinski definition) is 10. The third kappa shape index (κ3) is 4.98. The second-order valence-electron chi connectivity index (χ2n) is 7.54. The first-order valence-electron chi connectivity index (χ1n) is 9.83. The summed E-state index contributed by atoms with van der Waals surface area (Å²) in [4.78, 5) is 0. The highest BCUT2D eigenvalue weighted by Gasteiger charge is 2.51. The van der Waals surface area contributed by atoms with Crippen LogP contribution in [-0.4, -0.2) is 110 Å². The van der Waals surface area contributed by atoms with Gasteiger partial charge in [0.2, 0.25) is 6.29 Å². The van der Waals surface area contributed by atoms with Crippen LogP contribution in [-0.2, 0) is 20.8 Å². The Morgan fingerprint density at radius 3 is 2.10 bits per heavy atom. The average Bonchev–Trinajstić information content (AvgIpc) is 2.76. The Morgan fingerprint density at radius 2 is 1.47 bits per heavy atom. The first-order chi connectivity index (χ1) is 14.4. The lowest BCUT2D eigenvalue weighted by Gasteiger charge is -2.45. The number of hydrogen-bond donors (Lipinski definition) is 8. The van der Waals surface area contributed by atoms with Gasteiger partial charge < -0.3 is 55.3 Å². The Labute approximate surface area is 173 Å². The SMILES string of the molecule is OCC1O[C@@H](O)C([NH2+]Cc2ccccc2)[C@@H](O)[C@@H]1O[C@@H]1OC(CO)[C@H](O)[C@H](O)C1O. The van der Waals surface area contributed by atoms with Gasteiger partial charge in [0, 0.05) is 5.56 Å². The van der Waals surface area contributed by atoms with Gasteiger partial charge in [-0.3, -0.25) is 0 Å². The van der Waals surface area contributed by atoms with Gasteiger partial charge in [-0.1, -0.05) is 30.3 Å². The first kappa shape index (κ1) is 23.4. The molecule has 1 aromatic rings. The molecule has 3 rings (SSSR count). The van der Waals surface area contributed by atoms with Crippen LogP contribution in [0.3, 0.4) is 0 Å². The number of rotatable bonds is 7. The molecular weight excluding hydrogens is 402 g/mol. The third-order valence-electron chi connectivity index (χ3n) is 5.53. The monoisotopic (exact) mass is 432 g/mol. The molecule has 10 atom stereocenters. The van der Waals surface area contributed by atoms with E-state index in [-0.39, 0.29) is 0 Å². The maximum absolute atomic E-state index is 10.8. The molecular formula is C19H30NO10+. The number of quaternary nitrogens is 1. The zero-order valence-corrected chi connectivity index (χ0v) is 16.2. The van der Waals surface area contributed by atoms with Crippen molar-refractivity contribution >= 4 is 0 Å². The van der Waals surface area contributed by atoms with Crippen LogP contribution in [0.5, 0.6) is 0 Å². The van der Waals surface area contributed by atoms with Gasteiger partial charge in [-0.2, -0.15) is 0 Å². The van der Waals surface area contributed by atoms with Crippen LogP contribution in [0.1, 0.15) is 5.56 Å². The average molecular weight is 432 g/mol. The van der Waals surface area contributed by atoms with Gasteiger partial charge in [-0.25, -0.2) is 0 Å². The van der Waals surface area contributed by atoms with E-state index in [1.54, 1.807) is 5.32 Å². The number of benzene rings is 1. The van der Waals surface area contributed by atoms with Crippen LogP contribution in [0.15, 0.2) is 30.3 Å². The highest BCUT2D eigenvalue weighted by molar-refractivity contribution is 5.13. The second-order valence-corrected chi connectivity index (χ2v) is 7.54. The smallest absolute Gasteiger partial charge is 0.211 e. The van der Waals surface area contributed by atoms with Crippen LogP contribution < -0.4 is 5.32 Å². The van der Waals surface area contributed by atoms with Gasteiger partial charge in [0.15, 0.2) is 12.3 Å². The third-order valence-corrected chi connectivity index (χ3v) is 5.53. The van der Waals surface area contributed by atoms with Crippen LogP contribution in [0.4, 0.5) is 0 Å². The Balaban J connectivity index is 1.71. The van der Waals surface area contributed by atoms with Crippen molar-refractivity contribution in [2.75, 3.05) is 13.2 Å². The molecule has 2 heterocycles. The molecule has 1 aromatic carbocycles. The van der Waals surface area contributed by atoms with Crippen molar-refractivity contribution in [3.8, 4) is 0 Å². The lowest BCUT2D eigenvalue weighted by atomic mass is 9.95. The molecule has 4 unspecified atom stereocenters. The molecule has 0 aromatic heterocycles. The first-order valence-corrected chi connectivity index (χ1v) is 9.83. The maximum Gasteiger partial charge on any atom is 0.211 e. The zero-order chi connectivity index (χ0) is 21.8. The maximum atomic E-state index is 10.8. The topological polar surface area (TPSA) is 186 Å². The fourth-order valence-electron chi connectivity index (χ4n) is 3.75. The van der Waals surface area contributed by atoms with Gasteiger partial charge >= 0.3 is 0 Å². The van der Waals surface area contributed by atoms with Crippen molar-refractivity contribution in [2.24, 2.45) is 0 Å². The van der Waals surface area contributed by atoms with Crippen molar-refractivity contribution in [1.82, 2.24) is 0 Å². The summed E-state index contributed by atoms with van der Waals surface area (Å²) in [6.45, 7) is -0.800. The van der Waals surface area contributed by atoms with E-state index >= 15 is 0 Å². The van der Waals surface area contributed by atoms with Crippen LogP contribution in [0.25, 0.3) is 0 Å². The molecule has 11 nitrogen and oxygen atoms in total. The largest absolute Gasteiger partial charge is 0.394 e. The predicted octanol–water partition coefficient (Wildman–Crippen LogP) is -4.63. The van der Waals surface area contributed by atoms with Gasteiger partial charge in [-0.15, -0.1) is 0 Å². The number of nitrogens with two attached hydrogens (primary N) is 1. The molecule has 2 fully saturated rings. The Bertz CT molecular complexity index is 649. The number of aliphatic hydroxyl groups excluding tert-OH is 7. The number of aliphatic hydroxyl groups is 7. The molecule has 30 heavy (non-hydrogen) atoms. The predicted molar refractivity (Wildman–Crippen MR) is 98.5 cm³/mol. The van der Waals surface area contributed by atoms with E-state index in [9.17, 15) is 35.7 Å². The molecule has 0 bridgehead atoms. The van der Waals surface area contributed by atoms with Gasteiger partial charge in [0.25, 0.3) is 0 Å². The molecule has 9 N–H and O–H groups in total. The quantitative estimate of drug-likeness (QED) is 0.208. The summed E-state index contributed by atoms with van der Waals surface area (Å²) >= 11 is 0. The minimum absolute atomic E-state index is 0.430. The van der Waals surface area contributed by atoms with Gasteiger partial charge in [-0.05, 0) is 0 Å². The van der Waals surface area contributed by atoms with Crippen molar-refractivity contribution < 1.29 is 55.3 Å². The van der Waals surface area contributed by atoms with Crippen molar-refractivity contribution in [2.45, 2.75) is 67.9 Å². The van der Waals surface area contributed by atoms with Gasteiger partial charge in [0.1, 0.15) is 49.3 Å². The number of ether oxygens (including phenoxy) is 3. The Kier molecular flexibility index (Phi) is 8.12. The van der Waals surface area contributed by atoms with Gasteiger partial charge in [0.05, 0.1) is 13.2 Å². The molecule has 0 saturated carbocycles. The Morgan fingerprint density at radius 1 is 0.800 bits per heavy atom. The summed E-state index contributed by atoms with van der Waals surface area (Å²) in [5.41, 5.74) is 0.951. The molecule has 2 aliphatic rings. The summed E-state index contributed by atoms with van der Waals surface area (Å²) < 4.78 is 16.3. The Hall–Kier alpha value is -1.22. The van der Waals surface area contributed by atoms with E-state index < -0.39 is 74.6 Å². The van der Waals surface area contributed by atoms with Crippen molar-refractivity contribution in [3.63, 3.8) is 0 Å². The minimum Gasteiger partial charge on any atom is -0.394 e. The summed E-state index contributed by atoms with van der Waals surface area (Å²) in [6.07, 6.45) is -12.7. The normalized spacial score (nSPS) is 42.2. The van der Waals surface area contributed by atoms with E-state index in [1.807, 2.05) is 30.3 Å². The summed E-state index contributed by atoms with van der Waals surface area (Å²) in [6, 6.07) is 8.49. The highest BCUT2D eigenvalue weighted by Crippen LogP contribution is 2.27. The van der Waals surface area contributed by atoms with Crippen molar-refractivity contribution in [1.29, 1.82) is 0 Å². The van der Waals surface area contributed by atoms with Crippen LogP contribution >= 0.6 is 0 Å². The molecule has 11 heteroatoms. The molecule has 2 saturated heterocycles. The van der Waals surface area contributed by atoms with E-state index in [0.717, 1.165) is 5.56 Å². The molecule has 0 spiro atoms. The van der Waals surface area contributed by atoms with Crippen LogP contribution in [0, 0.1) is 0 Å². The molecule has 0 radical (unpaired) electrons. The fourth-order valence-corrected chi connectivity index (χ4v) is 3.75. The van der Waals surface area contributed by atoms with Crippen LogP contribution in [0.2, 0.25) is 0 Å². The lowest BCUT2D eigenvalue weighted by Crippen LogP contribution is -2.96. The molecule has 0 amide bonds. The van der Waals surface area contributed by atoms with Crippen molar-refractivity contribution in [3.05, 3.63) is 35.9 Å². The summed E-state index contributed by atoms with van der Waals surface area (Å²) in [5, 5.41) is 71.7. The summed E-state index contributed by atoms with van der Waals surface area (Å²) in [5.74, 6) is 0.